The molecule has 1 heterocycles. The zero-order valence-corrected chi connectivity index (χ0v) is 8.24. The Hall–Kier alpha value is -1.16. The smallest absolute Gasteiger partial charge is 0.129 e. The molecule has 1 aliphatic rings. The number of hydrogen-bond acceptors (Lipinski definition) is 4. The summed E-state index contributed by atoms with van der Waals surface area (Å²) in [5.41, 5.74) is 6.58. The van der Waals surface area contributed by atoms with Crippen LogP contribution in [0.15, 0.2) is 12.4 Å². The van der Waals surface area contributed by atoms with Crippen LogP contribution in [0.2, 0.25) is 0 Å². The molecule has 1 aliphatic carbocycles. The molecule has 0 radical (unpaired) electrons. The molecule has 0 atom stereocenters. The van der Waals surface area contributed by atoms with E-state index in [9.17, 15) is 0 Å². The largest absolute Gasteiger partial charge is 0.370 e. The topological polar surface area (TPSA) is 63.8 Å². The average molecular weight is 192 g/mol. The van der Waals surface area contributed by atoms with Crippen molar-refractivity contribution in [2.24, 2.45) is 5.73 Å². The summed E-state index contributed by atoms with van der Waals surface area (Å²) >= 11 is 0. The molecule has 0 aromatic carbocycles. The molecule has 4 heteroatoms. The number of nitrogens with one attached hydrogen (secondary N) is 1. The zero-order valence-electron chi connectivity index (χ0n) is 8.24. The maximum Gasteiger partial charge on any atom is 0.129 e. The van der Waals surface area contributed by atoms with Crippen LogP contribution >= 0.6 is 0 Å². The third kappa shape index (κ3) is 2.42. The van der Waals surface area contributed by atoms with Gasteiger partial charge >= 0.3 is 0 Å². The van der Waals surface area contributed by atoms with Crippen LogP contribution in [0, 0.1) is 0 Å². The van der Waals surface area contributed by atoms with Crippen molar-refractivity contribution in [2.45, 2.75) is 25.2 Å². The van der Waals surface area contributed by atoms with Crippen molar-refractivity contribution in [1.29, 1.82) is 0 Å². The average Bonchev–Trinajstić information content (AvgIpc) is 3.02. The summed E-state index contributed by atoms with van der Waals surface area (Å²) in [7, 11) is 0. The number of aromatic nitrogens is 2. The lowest BCUT2D eigenvalue weighted by molar-refractivity contribution is 0.866. The van der Waals surface area contributed by atoms with Crippen molar-refractivity contribution in [2.75, 3.05) is 18.4 Å². The minimum absolute atomic E-state index is 0.688. The highest BCUT2D eigenvalue weighted by Gasteiger charge is 2.25. The van der Waals surface area contributed by atoms with Crippen molar-refractivity contribution < 1.29 is 0 Å². The van der Waals surface area contributed by atoms with Crippen molar-refractivity contribution in [3.63, 3.8) is 0 Å². The highest BCUT2D eigenvalue weighted by Crippen LogP contribution is 2.39. The molecule has 1 aromatic heterocycles. The SMILES string of the molecule is NCCCNc1cc(C2CC2)ncn1. The van der Waals surface area contributed by atoms with E-state index >= 15 is 0 Å². The zero-order chi connectivity index (χ0) is 9.80. The standard InChI is InChI=1S/C10H16N4/c11-4-1-5-12-10-6-9(8-2-3-8)13-7-14-10/h6-8H,1-5,11H2,(H,12,13,14). The number of nitrogens with two attached hydrogens (primary N) is 1. The Morgan fingerprint density at radius 3 is 3.00 bits per heavy atom. The first kappa shape index (κ1) is 9.40. The highest BCUT2D eigenvalue weighted by atomic mass is 15.0. The van der Waals surface area contributed by atoms with Gasteiger partial charge in [0, 0.05) is 24.2 Å². The number of nitrogens with zero attached hydrogens (tertiary/aromatic N) is 2. The van der Waals surface area contributed by atoms with Crippen LogP contribution in [0.1, 0.15) is 30.9 Å². The van der Waals surface area contributed by atoms with Crippen molar-refractivity contribution >= 4 is 5.82 Å². The number of anilines is 1. The molecule has 0 spiro atoms. The van der Waals surface area contributed by atoms with Crippen molar-refractivity contribution in [3.8, 4) is 0 Å². The summed E-state index contributed by atoms with van der Waals surface area (Å²) in [5.74, 6) is 1.61. The normalized spacial score (nSPS) is 15.5. The van der Waals surface area contributed by atoms with Gasteiger partial charge in [0.2, 0.25) is 0 Å². The first-order chi connectivity index (χ1) is 6.90. The predicted molar refractivity (Wildman–Crippen MR) is 56.2 cm³/mol. The van der Waals surface area contributed by atoms with E-state index in [0.29, 0.717) is 12.5 Å². The summed E-state index contributed by atoms with van der Waals surface area (Å²) in [4.78, 5) is 8.41. The maximum absolute atomic E-state index is 5.41. The fraction of sp³-hybridized carbons (Fsp3) is 0.600. The Balaban J connectivity index is 1.92. The number of rotatable bonds is 5. The minimum Gasteiger partial charge on any atom is -0.370 e. The van der Waals surface area contributed by atoms with Gasteiger partial charge in [-0.15, -0.1) is 0 Å². The lowest BCUT2D eigenvalue weighted by atomic mass is 10.3. The van der Waals surface area contributed by atoms with Gasteiger partial charge in [-0.25, -0.2) is 9.97 Å². The molecule has 1 aromatic rings. The molecule has 3 N–H and O–H groups in total. The van der Waals surface area contributed by atoms with Gasteiger partial charge in [0.1, 0.15) is 12.1 Å². The van der Waals surface area contributed by atoms with E-state index in [1.165, 1.54) is 18.5 Å². The Morgan fingerprint density at radius 1 is 1.43 bits per heavy atom. The lowest BCUT2D eigenvalue weighted by Gasteiger charge is -2.05. The van der Waals surface area contributed by atoms with Crippen molar-refractivity contribution in [3.05, 3.63) is 18.1 Å². The second kappa shape index (κ2) is 4.37. The van der Waals surface area contributed by atoms with E-state index < -0.39 is 0 Å². The van der Waals surface area contributed by atoms with Crippen LogP contribution < -0.4 is 11.1 Å². The Labute approximate surface area is 83.9 Å². The molecule has 14 heavy (non-hydrogen) atoms. The van der Waals surface area contributed by atoms with Crippen LogP contribution in [0.25, 0.3) is 0 Å². The molecule has 0 bridgehead atoms. The van der Waals surface area contributed by atoms with Crippen LogP contribution in [-0.4, -0.2) is 23.1 Å². The Morgan fingerprint density at radius 2 is 2.29 bits per heavy atom. The van der Waals surface area contributed by atoms with Gasteiger partial charge in [-0.3, -0.25) is 0 Å². The molecule has 0 saturated heterocycles. The highest BCUT2D eigenvalue weighted by molar-refractivity contribution is 5.36. The van der Waals surface area contributed by atoms with E-state index in [2.05, 4.69) is 15.3 Å². The van der Waals surface area contributed by atoms with E-state index in [0.717, 1.165) is 18.8 Å². The van der Waals surface area contributed by atoms with E-state index in [-0.39, 0.29) is 0 Å². The van der Waals surface area contributed by atoms with Gasteiger partial charge in [0.15, 0.2) is 0 Å². The number of hydrogen-bond donors (Lipinski definition) is 2. The molecule has 1 saturated carbocycles. The van der Waals surface area contributed by atoms with Crippen LogP contribution in [-0.2, 0) is 0 Å². The van der Waals surface area contributed by atoms with Crippen LogP contribution in [0.4, 0.5) is 5.82 Å². The quantitative estimate of drug-likeness (QED) is 0.686. The second-order valence-corrected chi connectivity index (χ2v) is 3.67. The molecule has 2 rings (SSSR count). The molecule has 0 amide bonds. The molecule has 0 unspecified atom stereocenters. The van der Waals surface area contributed by atoms with Gasteiger partial charge < -0.3 is 11.1 Å². The summed E-state index contributed by atoms with van der Waals surface area (Å²) in [5, 5.41) is 3.24. The third-order valence-corrected chi connectivity index (χ3v) is 2.37. The van der Waals surface area contributed by atoms with Gasteiger partial charge in [0.05, 0.1) is 0 Å². The lowest BCUT2D eigenvalue weighted by Crippen LogP contribution is -2.09. The minimum atomic E-state index is 0.688. The first-order valence-electron chi connectivity index (χ1n) is 5.16. The molecule has 0 aliphatic heterocycles. The van der Waals surface area contributed by atoms with E-state index in [1.54, 1.807) is 6.33 Å². The van der Waals surface area contributed by atoms with Gasteiger partial charge in [0.25, 0.3) is 0 Å². The molecular weight excluding hydrogens is 176 g/mol. The first-order valence-corrected chi connectivity index (χ1v) is 5.16. The fourth-order valence-electron chi connectivity index (χ4n) is 1.39. The second-order valence-electron chi connectivity index (χ2n) is 3.67. The molecule has 76 valence electrons. The van der Waals surface area contributed by atoms with Gasteiger partial charge in [-0.05, 0) is 25.8 Å². The molecule has 4 nitrogen and oxygen atoms in total. The maximum atomic E-state index is 5.41. The Bertz CT molecular complexity index is 296. The van der Waals surface area contributed by atoms with Gasteiger partial charge in [-0.1, -0.05) is 0 Å². The van der Waals surface area contributed by atoms with Crippen LogP contribution in [0.3, 0.4) is 0 Å². The summed E-state index contributed by atoms with van der Waals surface area (Å²) in [6.07, 6.45) is 5.17. The predicted octanol–water partition coefficient (Wildman–Crippen LogP) is 1.11. The van der Waals surface area contributed by atoms with E-state index in [4.69, 9.17) is 5.73 Å². The summed E-state index contributed by atoms with van der Waals surface area (Å²) in [6, 6.07) is 2.05. The summed E-state index contributed by atoms with van der Waals surface area (Å²) in [6.45, 7) is 1.60. The van der Waals surface area contributed by atoms with Gasteiger partial charge in [-0.2, -0.15) is 0 Å². The van der Waals surface area contributed by atoms with Crippen molar-refractivity contribution in [1.82, 2.24) is 9.97 Å². The van der Waals surface area contributed by atoms with E-state index in [1.807, 2.05) is 6.07 Å². The monoisotopic (exact) mass is 192 g/mol. The fourth-order valence-corrected chi connectivity index (χ4v) is 1.39. The Kier molecular flexibility index (Phi) is 2.93. The molecular formula is C10H16N4. The van der Waals surface area contributed by atoms with Crippen LogP contribution in [0.5, 0.6) is 0 Å². The molecule has 1 fully saturated rings. The summed E-state index contributed by atoms with van der Waals surface area (Å²) < 4.78 is 0. The third-order valence-electron chi connectivity index (χ3n) is 2.37.